The first kappa shape index (κ1) is 9.85. The Hall–Kier alpha value is -1.24. The normalized spacial score (nSPS) is 23.2. The van der Waals surface area contributed by atoms with Crippen molar-refractivity contribution in [3.8, 4) is 0 Å². The highest BCUT2D eigenvalue weighted by Gasteiger charge is 2.29. The van der Waals surface area contributed by atoms with Gasteiger partial charge < -0.3 is 5.73 Å². The Morgan fingerprint density at radius 1 is 1.62 bits per heavy atom. The van der Waals surface area contributed by atoms with Crippen LogP contribution in [0.1, 0.15) is 13.3 Å². The summed E-state index contributed by atoms with van der Waals surface area (Å²) in [6, 6.07) is 0. The monoisotopic (exact) mass is 191 g/mol. The first-order valence-electron chi connectivity index (χ1n) is 3.79. The molecule has 1 aliphatic heterocycles. The molecule has 4 N–H and O–H groups in total. The number of alkyl halides is 2. The molecule has 5 nitrogen and oxygen atoms in total. The zero-order valence-electron chi connectivity index (χ0n) is 7.11. The maximum Gasteiger partial charge on any atom is 0.280 e. The average Bonchev–Trinajstić information content (AvgIpc) is 2.08. The van der Waals surface area contributed by atoms with Crippen LogP contribution in [0.2, 0.25) is 0 Å². The van der Waals surface area contributed by atoms with Crippen molar-refractivity contribution in [1.29, 1.82) is 0 Å². The maximum absolute atomic E-state index is 12.3. The van der Waals surface area contributed by atoms with E-state index in [9.17, 15) is 8.78 Å². The van der Waals surface area contributed by atoms with Crippen molar-refractivity contribution < 1.29 is 8.78 Å². The van der Waals surface area contributed by atoms with Gasteiger partial charge in [0.05, 0.1) is 0 Å². The summed E-state index contributed by atoms with van der Waals surface area (Å²) in [5.41, 5.74) is 5.24. The highest BCUT2D eigenvalue weighted by atomic mass is 19.3. The summed E-state index contributed by atoms with van der Waals surface area (Å²) in [6.45, 7) is 1.75. The van der Waals surface area contributed by atoms with E-state index in [1.54, 1.807) is 6.92 Å². The molecule has 1 aliphatic rings. The van der Waals surface area contributed by atoms with Gasteiger partial charge >= 0.3 is 0 Å². The summed E-state index contributed by atoms with van der Waals surface area (Å²) >= 11 is 0. The SMILES string of the molecule is CCC1=NC(N)=NC(C(F)F)N1N. The van der Waals surface area contributed by atoms with E-state index >= 15 is 0 Å². The Kier molecular flexibility index (Phi) is 2.76. The summed E-state index contributed by atoms with van der Waals surface area (Å²) in [6.07, 6.45) is -3.64. The molecule has 0 aromatic rings. The summed E-state index contributed by atoms with van der Waals surface area (Å²) in [5.74, 6) is 5.53. The van der Waals surface area contributed by atoms with Gasteiger partial charge in [0.1, 0.15) is 5.84 Å². The highest BCUT2D eigenvalue weighted by molar-refractivity contribution is 5.96. The van der Waals surface area contributed by atoms with E-state index in [-0.39, 0.29) is 5.96 Å². The molecule has 0 spiro atoms. The molecule has 0 saturated heterocycles. The van der Waals surface area contributed by atoms with Crippen LogP contribution in [0.25, 0.3) is 0 Å². The van der Waals surface area contributed by atoms with Crippen molar-refractivity contribution in [3.63, 3.8) is 0 Å². The second-order valence-electron chi connectivity index (χ2n) is 2.52. The summed E-state index contributed by atoms with van der Waals surface area (Å²) < 4.78 is 24.6. The molecule has 0 amide bonds. The maximum atomic E-state index is 12.3. The van der Waals surface area contributed by atoms with Crippen molar-refractivity contribution in [1.82, 2.24) is 5.01 Å². The van der Waals surface area contributed by atoms with Gasteiger partial charge in [-0.3, -0.25) is 5.01 Å². The Balaban J connectivity index is 2.88. The molecule has 7 heteroatoms. The van der Waals surface area contributed by atoms with Gasteiger partial charge in [-0.15, -0.1) is 0 Å². The molecule has 0 bridgehead atoms. The number of hydrogen-bond acceptors (Lipinski definition) is 5. The summed E-state index contributed by atoms with van der Waals surface area (Å²) in [5, 5.41) is 0.848. The van der Waals surface area contributed by atoms with Crippen LogP contribution in [0.5, 0.6) is 0 Å². The number of aliphatic imine (C=N–C) groups is 2. The minimum absolute atomic E-state index is 0.149. The second kappa shape index (κ2) is 3.65. The smallest absolute Gasteiger partial charge is 0.280 e. The van der Waals surface area contributed by atoms with Gasteiger partial charge in [0, 0.05) is 6.42 Å². The Labute approximate surface area is 74.1 Å². The number of hydrogen-bond donors (Lipinski definition) is 2. The van der Waals surface area contributed by atoms with Crippen molar-refractivity contribution in [3.05, 3.63) is 0 Å². The molecule has 0 aromatic heterocycles. The molecular formula is C6H11F2N5. The Morgan fingerprint density at radius 3 is 2.69 bits per heavy atom. The zero-order chi connectivity index (χ0) is 10.0. The van der Waals surface area contributed by atoms with Crippen LogP contribution in [-0.2, 0) is 0 Å². The minimum Gasteiger partial charge on any atom is -0.368 e. The largest absolute Gasteiger partial charge is 0.368 e. The zero-order valence-corrected chi connectivity index (χ0v) is 7.11. The number of nitrogens with two attached hydrogens (primary N) is 2. The van der Waals surface area contributed by atoms with Crippen LogP contribution < -0.4 is 11.6 Å². The average molecular weight is 191 g/mol. The van der Waals surface area contributed by atoms with Gasteiger partial charge in [0.15, 0.2) is 6.17 Å². The number of guanidine groups is 1. The van der Waals surface area contributed by atoms with E-state index in [4.69, 9.17) is 11.6 Å². The van der Waals surface area contributed by atoms with Crippen LogP contribution >= 0.6 is 0 Å². The van der Waals surface area contributed by atoms with E-state index in [1.165, 1.54) is 0 Å². The van der Waals surface area contributed by atoms with Crippen LogP contribution in [-0.4, -0.2) is 29.4 Å². The number of amidine groups is 1. The lowest BCUT2D eigenvalue weighted by Crippen LogP contribution is -2.51. The molecule has 1 heterocycles. The lowest BCUT2D eigenvalue weighted by atomic mass is 10.3. The van der Waals surface area contributed by atoms with Gasteiger partial charge in [-0.05, 0) is 0 Å². The van der Waals surface area contributed by atoms with Crippen molar-refractivity contribution in [2.45, 2.75) is 25.9 Å². The number of rotatable bonds is 2. The van der Waals surface area contributed by atoms with Gasteiger partial charge in [-0.2, -0.15) is 4.99 Å². The lowest BCUT2D eigenvalue weighted by molar-refractivity contribution is 0.0590. The van der Waals surface area contributed by atoms with Crippen LogP contribution in [0.15, 0.2) is 9.98 Å². The Morgan fingerprint density at radius 2 is 2.23 bits per heavy atom. The van der Waals surface area contributed by atoms with Crippen molar-refractivity contribution in [2.24, 2.45) is 21.6 Å². The number of nitrogens with zero attached hydrogens (tertiary/aromatic N) is 3. The molecule has 13 heavy (non-hydrogen) atoms. The molecule has 0 radical (unpaired) electrons. The molecule has 0 saturated carbocycles. The second-order valence-corrected chi connectivity index (χ2v) is 2.52. The van der Waals surface area contributed by atoms with E-state index in [0.29, 0.717) is 12.3 Å². The number of halogens is 2. The topological polar surface area (TPSA) is 80.0 Å². The predicted octanol–water partition coefficient (Wildman–Crippen LogP) is -0.110. The van der Waals surface area contributed by atoms with Crippen molar-refractivity contribution >= 4 is 11.8 Å². The fourth-order valence-electron chi connectivity index (χ4n) is 1.01. The summed E-state index contributed by atoms with van der Waals surface area (Å²) in [7, 11) is 0. The third kappa shape index (κ3) is 1.92. The molecule has 0 fully saturated rings. The van der Waals surface area contributed by atoms with Gasteiger partial charge in [0.25, 0.3) is 6.43 Å². The van der Waals surface area contributed by atoms with E-state index in [2.05, 4.69) is 9.98 Å². The third-order valence-corrected chi connectivity index (χ3v) is 1.63. The molecule has 0 aliphatic carbocycles. The minimum atomic E-state index is -2.67. The van der Waals surface area contributed by atoms with Crippen LogP contribution in [0.3, 0.4) is 0 Å². The fraction of sp³-hybridized carbons (Fsp3) is 0.667. The van der Waals surface area contributed by atoms with Crippen LogP contribution in [0.4, 0.5) is 8.78 Å². The van der Waals surface area contributed by atoms with E-state index < -0.39 is 12.6 Å². The first-order valence-corrected chi connectivity index (χ1v) is 3.79. The molecule has 74 valence electrons. The molecule has 1 unspecified atom stereocenters. The third-order valence-electron chi connectivity index (χ3n) is 1.63. The van der Waals surface area contributed by atoms with Gasteiger partial charge in [-0.25, -0.2) is 19.6 Å². The van der Waals surface area contributed by atoms with E-state index in [1.807, 2.05) is 0 Å². The highest BCUT2D eigenvalue weighted by Crippen LogP contribution is 2.13. The predicted molar refractivity (Wildman–Crippen MR) is 45.2 cm³/mol. The Bertz CT molecular complexity index is 249. The quantitative estimate of drug-likeness (QED) is 0.597. The van der Waals surface area contributed by atoms with Crippen LogP contribution in [0, 0.1) is 0 Å². The van der Waals surface area contributed by atoms with Gasteiger partial charge in [-0.1, -0.05) is 6.92 Å². The van der Waals surface area contributed by atoms with Crippen molar-refractivity contribution in [2.75, 3.05) is 0 Å². The fourth-order valence-corrected chi connectivity index (χ4v) is 1.01. The summed E-state index contributed by atoms with van der Waals surface area (Å²) in [4.78, 5) is 7.15. The molecule has 1 rings (SSSR count). The standard InChI is InChI=1S/C6H11F2N5/c1-2-3-11-6(9)12-5(4(7)8)13(3)10/h4-5H,2,10H2,1H3,(H2,9,12). The molecule has 1 atom stereocenters. The first-order chi connectivity index (χ1) is 6.06. The molecule has 0 aromatic carbocycles. The number of hydrazine groups is 1. The van der Waals surface area contributed by atoms with Gasteiger partial charge in [0.2, 0.25) is 5.96 Å². The molecular weight excluding hydrogens is 180 g/mol. The van der Waals surface area contributed by atoms with E-state index in [0.717, 1.165) is 5.01 Å². The lowest BCUT2D eigenvalue weighted by Gasteiger charge is -2.28.